The van der Waals surface area contributed by atoms with Crippen molar-refractivity contribution in [3.8, 4) is 5.75 Å². The van der Waals surface area contributed by atoms with E-state index in [4.69, 9.17) is 4.74 Å². The number of methoxy groups -OCH3 is 2. The molecule has 1 aliphatic rings. The van der Waals surface area contributed by atoms with Crippen LogP contribution >= 0.6 is 0 Å². The highest BCUT2D eigenvalue weighted by Gasteiger charge is 2.24. The van der Waals surface area contributed by atoms with Crippen LogP contribution in [-0.4, -0.2) is 43.6 Å². The molecule has 0 atom stereocenters. The Morgan fingerprint density at radius 1 is 1.33 bits per heavy atom. The van der Waals surface area contributed by atoms with Gasteiger partial charge in [-0.3, -0.25) is 10.1 Å². The molecule has 1 aromatic rings. The number of carbonyl (C=O) groups is 3. The Hall–Kier alpha value is -2.57. The summed E-state index contributed by atoms with van der Waals surface area (Å²) in [5, 5.41) is 2.25. The van der Waals surface area contributed by atoms with Crippen molar-refractivity contribution in [2.75, 3.05) is 20.8 Å². The molecule has 3 amide bonds. The van der Waals surface area contributed by atoms with Gasteiger partial charge >= 0.3 is 12.0 Å². The van der Waals surface area contributed by atoms with Gasteiger partial charge in [-0.15, -0.1) is 0 Å². The summed E-state index contributed by atoms with van der Waals surface area (Å²) in [4.78, 5) is 35.9. The summed E-state index contributed by atoms with van der Waals surface area (Å²) in [6.07, 6.45) is 0.255. The highest BCUT2D eigenvalue weighted by Crippen LogP contribution is 2.22. The minimum atomic E-state index is -0.461. The molecule has 21 heavy (non-hydrogen) atoms. The monoisotopic (exact) mass is 292 g/mol. The number of benzene rings is 1. The quantitative estimate of drug-likeness (QED) is 0.834. The van der Waals surface area contributed by atoms with Crippen molar-refractivity contribution in [1.82, 2.24) is 10.2 Å². The van der Waals surface area contributed by atoms with E-state index < -0.39 is 12.0 Å². The van der Waals surface area contributed by atoms with Gasteiger partial charge in [0.2, 0.25) is 5.91 Å². The van der Waals surface area contributed by atoms with E-state index in [0.29, 0.717) is 23.4 Å². The Morgan fingerprint density at radius 3 is 2.71 bits per heavy atom. The molecule has 7 nitrogen and oxygen atoms in total. The van der Waals surface area contributed by atoms with E-state index >= 15 is 0 Å². The first-order chi connectivity index (χ1) is 10.0. The lowest BCUT2D eigenvalue weighted by Gasteiger charge is -2.27. The molecule has 0 aromatic heterocycles. The molecule has 2 rings (SSSR count). The first-order valence-electron chi connectivity index (χ1n) is 6.39. The molecule has 1 N–H and O–H groups in total. The zero-order valence-electron chi connectivity index (χ0n) is 11.8. The minimum absolute atomic E-state index is 0.243. The van der Waals surface area contributed by atoms with Gasteiger partial charge in [0.15, 0.2) is 0 Å². The Labute approximate surface area is 121 Å². The molecule has 0 spiro atoms. The first kappa shape index (κ1) is 14.8. The van der Waals surface area contributed by atoms with Gasteiger partial charge in [0, 0.05) is 18.5 Å². The molecule has 1 heterocycles. The maximum Gasteiger partial charge on any atom is 0.337 e. The number of carbonyl (C=O) groups excluding carboxylic acids is 3. The number of nitrogens with zero attached hydrogens (tertiary/aromatic N) is 1. The number of urea groups is 1. The van der Waals surface area contributed by atoms with Crippen molar-refractivity contribution in [1.29, 1.82) is 0 Å². The molecule has 0 aliphatic carbocycles. The summed E-state index contributed by atoms with van der Waals surface area (Å²) >= 11 is 0. The van der Waals surface area contributed by atoms with Crippen LogP contribution in [0.1, 0.15) is 22.3 Å². The number of rotatable bonds is 4. The lowest BCUT2D eigenvalue weighted by molar-refractivity contribution is -0.121. The van der Waals surface area contributed by atoms with E-state index in [1.165, 1.54) is 19.1 Å². The highest BCUT2D eigenvalue weighted by molar-refractivity contribution is 5.96. The summed E-state index contributed by atoms with van der Waals surface area (Å²) in [5.74, 6) is -0.184. The van der Waals surface area contributed by atoms with Crippen LogP contribution < -0.4 is 10.1 Å². The maximum atomic E-state index is 11.7. The van der Waals surface area contributed by atoms with Crippen molar-refractivity contribution >= 4 is 17.9 Å². The number of imide groups is 1. The summed E-state index contributed by atoms with van der Waals surface area (Å²) in [7, 11) is 2.81. The van der Waals surface area contributed by atoms with Gasteiger partial charge < -0.3 is 14.4 Å². The second kappa shape index (κ2) is 6.25. The number of hydrogen-bond donors (Lipinski definition) is 1. The second-order valence-corrected chi connectivity index (χ2v) is 4.54. The number of ether oxygens (including phenoxy) is 2. The average Bonchev–Trinajstić information content (AvgIpc) is 2.49. The van der Waals surface area contributed by atoms with Crippen LogP contribution in [0.5, 0.6) is 5.75 Å². The van der Waals surface area contributed by atoms with E-state index in [2.05, 4.69) is 10.1 Å². The highest BCUT2D eigenvalue weighted by atomic mass is 16.5. The van der Waals surface area contributed by atoms with Gasteiger partial charge in [0.1, 0.15) is 5.75 Å². The van der Waals surface area contributed by atoms with Crippen LogP contribution in [0.25, 0.3) is 0 Å². The predicted octanol–water partition coefficient (Wildman–Crippen LogP) is 0.924. The fourth-order valence-corrected chi connectivity index (χ4v) is 2.10. The Kier molecular flexibility index (Phi) is 4.42. The van der Waals surface area contributed by atoms with Crippen LogP contribution in [0.2, 0.25) is 0 Å². The minimum Gasteiger partial charge on any atom is -0.496 e. The molecule has 7 heteroatoms. The van der Waals surface area contributed by atoms with Crippen molar-refractivity contribution < 1.29 is 23.9 Å². The molecule has 0 unspecified atom stereocenters. The van der Waals surface area contributed by atoms with Gasteiger partial charge in [-0.2, -0.15) is 0 Å². The van der Waals surface area contributed by atoms with Crippen molar-refractivity contribution in [3.63, 3.8) is 0 Å². The standard InChI is InChI=1S/C14H16N2O5/c1-20-11-4-3-9(13(18)21-2)7-10(11)8-16-6-5-12(17)15-14(16)19/h3-4,7H,5-6,8H2,1-2H3,(H,15,17,19). The summed E-state index contributed by atoms with van der Waals surface area (Å²) < 4.78 is 9.91. The lowest BCUT2D eigenvalue weighted by Crippen LogP contribution is -2.48. The molecule has 0 saturated carbocycles. The summed E-state index contributed by atoms with van der Waals surface area (Å²) in [6, 6.07) is 4.41. The van der Waals surface area contributed by atoms with Crippen LogP contribution in [0, 0.1) is 0 Å². The molecule has 1 aromatic carbocycles. The van der Waals surface area contributed by atoms with E-state index in [1.807, 2.05) is 0 Å². The fraction of sp³-hybridized carbons (Fsp3) is 0.357. The van der Waals surface area contributed by atoms with Crippen molar-refractivity contribution in [3.05, 3.63) is 29.3 Å². The third kappa shape index (κ3) is 3.31. The van der Waals surface area contributed by atoms with Gasteiger partial charge in [0.25, 0.3) is 0 Å². The first-order valence-corrected chi connectivity index (χ1v) is 6.39. The largest absolute Gasteiger partial charge is 0.496 e. The van der Waals surface area contributed by atoms with E-state index in [1.54, 1.807) is 18.2 Å². The van der Waals surface area contributed by atoms with Crippen molar-refractivity contribution in [2.45, 2.75) is 13.0 Å². The molecular formula is C14H16N2O5. The third-order valence-electron chi connectivity index (χ3n) is 3.21. The number of hydrogen-bond acceptors (Lipinski definition) is 5. The average molecular weight is 292 g/mol. The number of esters is 1. The zero-order valence-corrected chi connectivity index (χ0v) is 11.8. The molecule has 1 aliphatic heterocycles. The zero-order chi connectivity index (χ0) is 15.4. The summed E-state index contributed by atoms with van der Waals surface area (Å²) in [6.45, 7) is 0.573. The Balaban J connectivity index is 2.23. The van der Waals surface area contributed by atoms with Crippen LogP contribution in [0.15, 0.2) is 18.2 Å². The normalized spacial score (nSPS) is 14.7. The Bertz CT molecular complexity index is 585. The second-order valence-electron chi connectivity index (χ2n) is 4.54. The molecule has 1 saturated heterocycles. The topological polar surface area (TPSA) is 84.9 Å². The van der Waals surface area contributed by atoms with Crippen LogP contribution in [0.3, 0.4) is 0 Å². The van der Waals surface area contributed by atoms with E-state index in [9.17, 15) is 14.4 Å². The molecule has 0 radical (unpaired) electrons. The number of nitrogens with one attached hydrogen (secondary N) is 1. The third-order valence-corrected chi connectivity index (χ3v) is 3.21. The molecular weight excluding hydrogens is 276 g/mol. The fourth-order valence-electron chi connectivity index (χ4n) is 2.10. The van der Waals surface area contributed by atoms with Crippen molar-refractivity contribution in [2.24, 2.45) is 0 Å². The van der Waals surface area contributed by atoms with Gasteiger partial charge in [-0.05, 0) is 18.2 Å². The van der Waals surface area contributed by atoms with Crippen LogP contribution in [0.4, 0.5) is 4.79 Å². The van der Waals surface area contributed by atoms with E-state index in [0.717, 1.165) is 0 Å². The summed E-state index contributed by atoms with van der Waals surface area (Å²) in [5.41, 5.74) is 1.05. The maximum absolute atomic E-state index is 11.7. The van der Waals surface area contributed by atoms with Gasteiger partial charge in [-0.25, -0.2) is 9.59 Å². The smallest absolute Gasteiger partial charge is 0.337 e. The van der Waals surface area contributed by atoms with Gasteiger partial charge in [0.05, 0.1) is 26.3 Å². The van der Waals surface area contributed by atoms with E-state index in [-0.39, 0.29) is 18.9 Å². The van der Waals surface area contributed by atoms with Crippen LogP contribution in [-0.2, 0) is 16.1 Å². The SMILES string of the molecule is COC(=O)c1ccc(OC)c(CN2CCC(=O)NC2=O)c1. The molecule has 0 bridgehead atoms. The van der Waals surface area contributed by atoms with Gasteiger partial charge in [-0.1, -0.05) is 0 Å². The number of amides is 3. The molecule has 1 fully saturated rings. The molecule has 112 valence electrons. The Morgan fingerprint density at radius 2 is 2.10 bits per heavy atom. The lowest BCUT2D eigenvalue weighted by atomic mass is 10.1. The predicted molar refractivity (Wildman–Crippen MR) is 72.9 cm³/mol.